The van der Waals surface area contributed by atoms with Gasteiger partial charge in [0.15, 0.2) is 0 Å². The highest BCUT2D eigenvalue weighted by molar-refractivity contribution is 5.02. The highest BCUT2D eigenvalue weighted by Crippen LogP contribution is 2.60. The van der Waals surface area contributed by atoms with Crippen molar-refractivity contribution in [2.45, 2.75) is 71.8 Å². The van der Waals surface area contributed by atoms with Crippen molar-refractivity contribution in [1.82, 2.24) is 0 Å². The predicted octanol–water partition coefficient (Wildman–Crippen LogP) is 4.25. The van der Waals surface area contributed by atoms with Crippen LogP contribution in [-0.2, 0) is 0 Å². The van der Waals surface area contributed by atoms with E-state index in [4.69, 9.17) is 0 Å². The standard InChI is InChI=1S/C17H30O/c1-11-4-7-16-15(12(11)2)6-5-13-10-14(18)8-9-17(13,16)3/h11-16,18H,4-10H2,1-3H3/t11?,12?,13?,14-,15?,16?,17?/m0/s1. The molecule has 3 aliphatic rings. The monoisotopic (exact) mass is 250 g/mol. The number of fused-ring (bicyclic) bond motifs is 3. The molecule has 3 fully saturated rings. The lowest BCUT2D eigenvalue weighted by molar-refractivity contribution is -0.105. The topological polar surface area (TPSA) is 20.2 Å². The Morgan fingerprint density at radius 2 is 1.78 bits per heavy atom. The lowest BCUT2D eigenvalue weighted by Crippen LogP contribution is -2.51. The van der Waals surface area contributed by atoms with Crippen LogP contribution in [0.5, 0.6) is 0 Å². The number of rotatable bonds is 0. The van der Waals surface area contributed by atoms with E-state index in [0.29, 0.717) is 5.41 Å². The van der Waals surface area contributed by atoms with Crippen molar-refractivity contribution >= 4 is 0 Å². The first-order valence-electron chi connectivity index (χ1n) is 8.20. The molecule has 0 spiro atoms. The van der Waals surface area contributed by atoms with Crippen LogP contribution in [0.1, 0.15) is 65.7 Å². The van der Waals surface area contributed by atoms with Gasteiger partial charge < -0.3 is 5.11 Å². The molecule has 3 saturated carbocycles. The first kappa shape index (κ1) is 13.0. The van der Waals surface area contributed by atoms with Crippen LogP contribution in [0.2, 0.25) is 0 Å². The molecule has 0 saturated heterocycles. The Morgan fingerprint density at radius 3 is 2.56 bits per heavy atom. The van der Waals surface area contributed by atoms with Crippen molar-refractivity contribution in [3.8, 4) is 0 Å². The summed E-state index contributed by atoms with van der Waals surface area (Å²) in [4.78, 5) is 0. The van der Waals surface area contributed by atoms with E-state index in [-0.39, 0.29) is 6.10 Å². The molecule has 0 amide bonds. The van der Waals surface area contributed by atoms with Crippen molar-refractivity contribution < 1.29 is 5.11 Å². The summed E-state index contributed by atoms with van der Waals surface area (Å²) in [7, 11) is 0. The second-order valence-electron chi connectivity index (χ2n) is 7.89. The molecule has 3 aliphatic carbocycles. The van der Waals surface area contributed by atoms with E-state index in [9.17, 15) is 5.11 Å². The average Bonchev–Trinajstić information content (AvgIpc) is 2.34. The number of aliphatic hydroxyl groups excluding tert-OH is 1. The van der Waals surface area contributed by atoms with Gasteiger partial charge in [-0.25, -0.2) is 0 Å². The van der Waals surface area contributed by atoms with Crippen LogP contribution >= 0.6 is 0 Å². The molecule has 18 heavy (non-hydrogen) atoms. The lowest BCUT2D eigenvalue weighted by Gasteiger charge is -2.58. The largest absolute Gasteiger partial charge is 0.393 e. The molecule has 0 aromatic heterocycles. The van der Waals surface area contributed by atoms with Crippen molar-refractivity contribution in [2.24, 2.45) is 35.0 Å². The minimum atomic E-state index is -0.000405. The molecule has 3 rings (SSSR count). The Bertz CT molecular complexity index is 313. The minimum absolute atomic E-state index is 0.000405. The maximum atomic E-state index is 9.95. The van der Waals surface area contributed by atoms with Gasteiger partial charge >= 0.3 is 0 Å². The van der Waals surface area contributed by atoms with E-state index in [0.717, 1.165) is 42.4 Å². The summed E-state index contributed by atoms with van der Waals surface area (Å²) in [5, 5.41) is 9.95. The van der Waals surface area contributed by atoms with E-state index >= 15 is 0 Å². The predicted molar refractivity (Wildman–Crippen MR) is 75.2 cm³/mol. The van der Waals surface area contributed by atoms with Gasteiger partial charge in [-0.2, -0.15) is 0 Å². The van der Waals surface area contributed by atoms with Crippen molar-refractivity contribution in [2.75, 3.05) is 0 Å². The van der Waals surface area contributed by atoms with Crippen LogP contribution in [0.3, 0.4) is 0 Å². The quantitative estimate of drug-likeness (QED) is 0.681. The van der Waals surface area contributed by atoms with Crippen molar-refractivity contribution in [3.63, 3.8) is 0 Å². The van der Waals surface area contributed by atoms with Crippen LogP contribution in [0, 0.1) is 35.0 Å². The molecule has 0 aromatic carbocycles. The molecular weight excluding hydrogens is 220 g/mol. The summed E-state index contributed by atoms with van der Waals surface area (Å²) in [6.07, 6.45) is 9.13. The molecule has 0 aliphatic heterocycles. The van der Waals surface area contributed by atoms with E-state index in [1.807, 2.05) is 0 Å². The van der Waals surface area contributed by atoms with E-state index < -0.39 is 0 Å². The zero-order valence-electron chi connectivity index (χ0n) is 12.4. The first-order chi connectivity index (χ1) is 8.52. The number of aliphatic hydroxyl groups is 1. The maximum absolute atomic E-state index is 9.95. The Kier molecular flexibility index (Phi) is 3.25. The minimum Gasteiger partial charge on any atom is -0.393 e. The summed E-state index contributed by atoms with van der Waals surface area (Å²) < 4.78 is 0. The molecule has 104 valence electrons. The van der Waals surface area contributed by atoms with Gasteiger partial charge in [0, 0.05) is 0 Å². The van der Waals surface area contributed by atoms with Crippen LogP contribution in [0.15, 0.2) is 0 Å². The van der Waals surface area contributed by atoms with Crippen LogP contribution in [0.4, 0.5) is 0 Å². The highest BCUT2D eigenvalue weighted by Gasteiger charge is 2.52. The second-order valence-corrected chi connectivity index (χ2v) is 7.89. The highest BCUT2D eigenvalue weighted by atomic mass is 16.3. The summed E-state index contributed by atoms with van der Waals surface area (Å²) in [5.74, 6) is 4.59. The smallest absolute Gasteiger partial charge is 0.0543 e. The van der Waals surface area contributed by atoms with Crippen molar-refractivity contribution in [1.29, 1.82) is 0 Å². The molecular formula is C17H30O. The third-order valence-corrected chi connectivity index (χ3v) is 7.22. The molecule has 6 unspecified atom stereocenters. The van der Waals surface area contributed by atoms with E-state index in [1.165, 1.54) is 32.1 Å². The fraction of sp³-hybridized carbons (Fsp3) is 1.00. The fourth-order valence-corrected chi connectivity index (χ4v) is 5.72. The van der Waals surface area contributed by atoms with Gasteiger partial charge in [-0.3, -0.25) is 0 Å². The van der Waals surface area contributed by atoms with E-state index in [1.54, 1.807) is 0 Å². The summed E-state index contributed by atoms with van der Waals surface area (Å²) in [5.41, 5.74) is 0.552. The van der Waals surface area contributed by atoms with Crippen molar-refractivity contribution in [3.05, 3.63) is 0 Å². The van der Waals surface area contributed by atoms with Gasteiger partial charge in [-0.15, -0.1) is 0 Å². The second kappa shape index (κ2) is 4.51. The van der Waals surface area contributed by atoms with Crippen LogP contribution in [0.25, 0.3) is 0 Å². The fourth-order valence-electron chi connectivity index (χ4n) is 5.72. The first-order valence-corrected chi connectivity index (χ1v) is 8.20. The normalized spacial score (nSPS) is 56.7. The van der Waals surface area contributed by atoms with Gasteiger partial charge in [0.1, 0.15) is 0 Å². The Labute approximate surface area is 112 Å². The lowest BCUT2D eigenvalue weighted by atomic mass is 9.47. The number of hydrogen-bond acceptors (Lipinski definition) is 1. The molecule has 1 nitrogen and oxygen atoms in total. The summed E-state index contributed by atoms with van der Waals surface area (Å²) in [6.45, 7) is 7.52. The molecule has 0 aromatic rings. The SMILES string of the molecule is CC1CCC2C(CCC3C[C@@H](O)CCC32C)C1C. The zero-order valence-corrected chi connectivity index (χ0v) is 12.4. The van der Waals surface area contributed by atoms with Gasteiger partial charge in [-0.05, 0) is 73.5 Å². The molecule has 0 bridgehead atoms. The molecule has 7 atom stereocenters. The van der Waals surface area contributed by atoms with Gasteiger partial charge in [-0.1, -0.05) is 27.2 Å². The molecule has 0 radical (unpaired) electrons. The maximum Gasteiger partial charge on any atom is 0.0543 e. The third kappa shape index (κ3) is 1.85. The molecule has 1 N–H and O–H groups in total. The Balaban J connectivity index is 1.84. The summed E-state index contributed by atoms with van der Waals surface area (Å²) >= 11 is 0. The summed E-state index contributed by atoms with van der Waals surface area (Å²) in [6, 6.07) is 0. The van der Waals surface area contributed by atoms with Gasteiger partial charge in [0.25, 0.3) is 0 Å². The Morgan fingerprint density at radius 1 is 1.00 bits per heavy atom. The van der Waals surface area contributed by atoms with Gasteiger partial charge in [0.05, 0.1) is 6.10 Å². The van der Waals surface area contributed by atoms with Crippen LogP contribution < -0.4 is 0 Å². The average molecular weight is 250 g/mol. The van der Waals surface area contributed by atoms with E-state index in [2.05, 4.69) is 20.8 Å². The molecule has 0 heterocycles. The van der Waals surface area contributed by atoms with Crippen LogP contribution in [-0.4, -0.2) is 11.2 Å². The zero-order chi connectivity index (χ0) is 12.9. The molecule has 1 heteroatoms. The van der Waals surface area contributed by atoms with Gasteiger partial charge in [0.2, 0.25) is 0 Å². The Hall–Kier alpha value is -0.0400. The number of hydrogen-bond donors (Lipinski definition) is 1. The third-order valence-electron chi connectivity index (χ3n) is 7.22.